The molecule has 2 aromatic carbocycles. The predicted octanol–water partition coefficient (Wildman–Crippen LogP) is 2.42. The number of esters is 1. The summed E-state index contributed by atoms with van der Waals surface area (Å²) in [6, 6.07) is 12.9. The van der Waals surface area contributed by atoms with Gasteiger partial charge in [0.1, 0.15) is 5.75 Å². The first-order valence-corrected chi connectivity index (χ1v) is 8.40. The van der Waals surface area contributed by atoms with Gasteiger partial charge in [-0.2, -0.15) is 0 Å². The van der Waals surface area contributed by atoms with Crippen molar-refractivity contribution >= 4 is 21.7 Å². The molecule has 0 aromatic heterocycles. The molecule has 0 amide bonds. The molecule has 0 radical (unpaired) electrons. The Morgan fingerprint density at radius 1 is 1.09 bits per heavy atom. The molecule has 0 aliphatic carbocycles. The SMILES string of the molecule is COC(=O)c1ccc(CS(=O)(=O)Nc2cccc(OC)c2)cc1. The maximum Gasteiger partial charge on any atom is 0.337 e. The maximum atomic E-state index is 12.2. The highest BCUT2D eigenvalue weighted by molar-refractivity contribution is 7.91. The molecule has 0 saturated heterocycles. The summed E-state index contributed by atoms with van der Waals surface area (Å²) in [6.45, 7) is 0. The molecule has 6 nitrogen and oxygen atoms in total. The molecular weight excluding hydrogens is 318 g/mol. The van der Waals surface area contributed by atoms with Crippen LogP contribution in [0, 0.1) is 0 Å². The molecule has 23 heavy (non-hydrogen) atoms. The fourth-order valence-electron chi connectivity index (χ4n) is 1.98. The van der Waals surface area contributed by atoms with Crippen molar-refractivity contribution in [3.05, 3.63) is 59.7 Å². The molecule has 0 spiro atoms. The van der Waals surface area contributed by atoms with Crippen LogP contribution in [0.5, 0.6) is 5.75 Å². The van der Waals surface area contributed by atoms with Crippen LogP contribution in [0.25, 0.3) is 0 Å². The van der Waals surface area contributed by atoms with E-state index in [0.717, 1.165) is 0 Å². The van der Waals surface area contributed by atoms with Crippen molar-refractivity contribution in [3.63, 3.8) is 0 Å². The summed E-state index contributed by atoms with van der Waals surface area (Å²) < 4.78 is 36.5. The van der Waals surface area contributed by atoms with Crippen molar-refractivity contribution < 1.29 is 22.7 Å². The number of ether oxygens (including phenoxy) is 2. The zero-order valence-corrected chi connectivity index (χ0v) is 13.6. The molecule has 1 N–H and O–H groups in total. The predicted molar refractivity (Wildman–Crippen MR) is 87.0 cm³/mol. The summed E-state index contributed by atoms with van der Waals surface area (Å²) in [5.41, 5.74) is 1.36. The number of hydrogen-bond acceptors (Lipinski definition) is 5. The molecule has 7 heteroatoms. The van der Waals surface area contributed by atoms with Gasteiger partial charge in [-0.25, -0.2) is 13.2 Å². The number of anilines is 1. The lowest BCUT2D eigenvalue weighted by Gasteiger charge is -2.09. The van der Waals surface area contributed by atoms with E-state index in [0.29, 0.717) is 22.6 Å². The van der Waals surface area contributed by atoms with Gasteiger partial charge in [-0.3, -0.25) is 4.72 Å². The van der Waals surface area contributed by atoms with Gasteiger partial charge in [-0.15, -0.1) is 0 Å². The first-order valence-electron chi connectivity index (χ1n) is 6.75. The number of methoxy groups -OCH3 is 2. The van der Waals surface area contributed by atoms with E-state index in [1.54, 1.807) is 36.4 Å². The van der Waals surface area contributed by atoms with Crippen LogP contribution < -0.4 is 9.46 Å². The van der Waals surface area contributed by atoms with Crippen LogP contribution in [-0.4, -0.2) is 28.6 Å². The molecule has 0 fully saturated rings. The number of carbonyl (C=O) groups is 1. The number of benzene rings is 2. The molecule has 2 aromatic rings. The van der Waals surface area contributed by atoms with E-state index in [1.807, 2.05) is 0 Å². The van der Waals surface area contributed by atoms with Gasteiger partial charge < -0.3 is 9.47 Å². The van der Waals surface area contributed by atoms with Crippen molar-refractivity contribution in [1.82, 2.24) is 0 Å². The second kappa shape index (κ2) is 7.15. The molecule has 0 aliphatic rings. The van der Waals surface area contributed by atoms with Gasteiger partial charge in [-0.1, -0.05) is 18.2 Å². The van der Waals surface area contributed by atoms with Crippen LogP contribution in [0.15, 0.2) is 48.5 Å². The number of rotatable bonds is 6. The van der Waals surface area contributed by atoms with Crippen molar-refractivity contribution in [2.45, 2.75) is 5.75 Å². The minimum atomic E-state index is -3.57. The highest BCUT2D eigenvalue weighted by atomic mass is 32.2. The van der Waals surface area contributed by atoms with Crippen LogP contribution in [0.4, 0.5) is 5.69 Å². The average Bonchev–Trinajstić information content (AvgIpc) is 2.54. The lowest BCUT2D eigenvalue weighted by atomic mass is 10.1. The van der Waals surface area contributed by atoms with Gasteiger partial charge in [0.05, 0.1) is 31.2 Å². The van der Waals surface area contributed by atoms with Crippen molar-refractivity contribution in [2.75, 3.05) is 18.9 Å². The minimum absolute atomic E-state index is 0.203. The first kappa shape index (κ1) is 16.8. The average molecular weight is 335 g/mol. The summed E-state index contributed by atoms with van der Waals surface area (Å²) in [6.07, 6.45) is 0. The monoisotopic (exact) mass is 335 g/mol. The van der Waals surface area contributed by atoms with E-state index in [1.165, 1.54) is 26.4 Å². The van der Waals surface area contributed by atoms with Crippen molar-refractivity contribution in [1.29, 1.82) is 0 Å². The smallest absolute Gasteiger partial charge is 0.337 e. The number of hydrogen-bond donors (Lipinski definition) is 1. The summed E-state index contributed by atoms with van der Waals surface area (Å²) in [7, 11) is -0.772. The van der Waals surface area contributed by atoms with Crippen LogP contribution in [-0.2, 0) is 20.5 Å². The Bertz CT molecular complexity index is 784. The topological polar surface area (TPSA) is 81.7 Å². The fourth-order valence-corrected chi connectivity index (χ4v) is 3.17. The van der Waals surface area contributed by atoms with Gasteiger partial charge in [0.15, 0.2) is 0 Å². The lowest BCUT2D eigenvalue weighted by Crippen LogP contribution is -2.15. The summed E-state index contributed by atoms with van der Waals surface area (Å²) >= 11 is 0. The number of carbonyl (C=O) groups excluding carboxylic acids is 1. The molecule has 2 rings (SSSR count). The Kier molecular flexibility index (Phi) is 5.23. The van der Waals surface area contributed by atoms with Crippen LogP contribution >= 0.6 is 0 Å². The van der Waals surface area contributed by atoms with Crippen LogP contribution in [0.1, 0.15) is 15.9 Å². The lowest BCUT2D eigenvalue weighted by molar-refractivity contribution is 0.0600. The van der Waals surface area contributed by atoms with Gasteiger partial charge in [0, 0.05) is 6.07 Å². The molecule has 0 unspecified atom stereocenters. The third kappa shape index (κ3) is 4.72. The molecule has 122 valence electrons. The Labute approximate surface area is 135 Å². The summed E-state index contributed by atoms with van der Waals surface area (Å²) in [5, 5.41) is 0. The molecule has 0 heterocycles. The van der Waals surface area contributed by atoms with Crippen LogP contribution in [0.3, 0.4) is 0 Å². The molecular formula is C16H17NO5S. The van der Waals surface area contributed by atoms with Gasteiger partial charge in [0.2, 0.25) is 10.0 Å². The van der Waals surface area contributed by atoms with Gasteiger partial charge in [0.25, 0.3) is 0 Å². The molecule has 0 aliphatic heterocycles. The fraction of sp³-hybridized carbons (Fsp3) is 0.188. The van der Waals surface area contributed by atoms with Gasteiger partial charge in [-0.05, 0) is 29.8 Å². The Balaban J connectivity index is 2.10. The minimum Gasteiger partial charge on any atom is -0.497 e. The van der Waals surface area contributed by atoms with Crippen LogP contribution in [0.2, 0.25) is 0 Å². The second-order valence-corrected chi connectivity index (χ2v) is 6.50. The summed E-state index contributed by atoms with van der Waals surface area (Å²) in [4.78, 5) is 11.3. The largest absolute Gasteiger partial charge is 0.497 e. The highest BCUT2D eigenvalue weighted by Crippen LogP contribution is 2.19. The Morgan fingerprint density at radius 3 is 2.39 bits per heavy atom. The van der Waals surface area contributed by atoms with Crippen molar-refractivity contribution in [2.24, 2.45) is 0 Å². The van der Waals surface area contributed by atoms with E-state index >= 15 is 0 Å². The van der Waals surface area contributed by atoms with E-state index in [2.05, 4.69) is 9.46 Å². The van der Waals surface area contributed by atoms with E-state index in [9.17, 15) is 13.2 Å². The number of nitrogens with one attached hydrogen (secondary N) is 1. The second-order valence-electron chi connectivity index (χ2n) is 4.78. The Morgan fingerprint density at radius 2 is 1.78 bits per heavy atom. The standard InChI is InChI=1S/C16H17NO5S/c1-21-15-5-3-4-14(10-15)17-23(19,20)11-12-6-8-13(9-7-12)16(18)22-2/h3-10,17H,11H2,1-2H3. The Hall–Kier alpha value is -2.54. The molecule has 0 atom stereocenters. The third-order valence-electron chi connectivity index (χ3n) is 3.07. The highest BCUT2D eigenvalue weighted by Gasteiger charge is 2.13. The zero-order chi connectivity index (χ0) is 16.9. The summed E-state index contributed by atoms with van der Waals surface area (Å²) in [5.74, 6) is -0.104. The molecule has 0 saturated carbocycles. The quantitative estimate of drug-likeness (QED) is 0.820. The van der Waals surface area contributed by atoms with E-state index in [4.69, 9.17) is 4.74 Å². The maximum absolute atomic E-state index is 12.2. The number of sulfonamides is 1. The zero-order valence-electron chi connectivity index (χ0n) is 12.8. The molecule has 0 bridgehead atoms. The normalized spacial score (nSPS) is 10.9. The van der Waals surface area contributed by atoms with Gasteiger partial charge >= 0.3 is 5.97 Å². The van der Waals surface area contributed by atoms with E-state index in [-0.39, 0.29) is 5.75 Å². The third-order valence-corrected chi connectivity index (χ3v) is 4.33. The van der Waals surface area contributed by atoms with E-state index < -0.39 is 16.0 Å². The first-order chi connectivity index (χ1) is 10.9. The van der Waals surface area contributed by atoms with Crippen molar-refractivity contribution in [3.8, 4) is 5.75 Å².